The van der Waals surface area contributed by atoms with Gasteiger partial charge in [0.25, 0.3) is 0 Å². The third-order valence-corrected chi connectivity index (χ3v) is 1.29. The molecule has 0 aliphatic carbocycles. The third-order valence-electron chi connectivity index (χ3n) is 1.29. The normalized spacial score (nSPS) is 8.59. The van der Waals surface area contributed by atoms with E-state index in [1.54, 1.807) is 0 Å². The quantitative estimate of drug-likeness (QED) is 0.259. The SMILES string of the molecule is C.N=C=O.N=C=O.NCCCCC(N)C(=O)O. The van der Waals surface area contributed by atoms with Crippen LogP contribution in [0.3, 0.4) is 0 Å². The number of carbonyl (C=O) groups excluding carboxylic acids is 2. The number of unbranched alkanes of at least 4 members (excludes halogenated alkanes) is 1. The van der Waals surface area contributed by atoms with Gasteiger partial charge in [-0.1, -0.05) is 13.8 Å². The predicted molar refractivity (Wildman–Crippen MR) is 62.1 cm³/mol. The molecule has 0 aromatic carbocycles. The van der Waals surface area contributed by atoms with Crippen LogP contribution in [-0.2, 0) is 14.4 Å². The van der Waals surface area contributed by atoms with Crippen molar-refractivity contribution in [3.8, 4) is 0 Å². The zero-order valence-corrected chi connectivity index (χ0v) is 8.73. The molecule has 0 saturated carbocycles. The van der Waals surface area contributed by atoms with Gasteiger partial charge in [-0.15, -0.1) is 0 Å². The molecule has 0 rings (SSSR count). The highest BCUT2D eigenvalue weighted by atomic mass is 16.4. The molecule has 0 fully saturated rings. The van der Waals surface area contributed by atoms with Crippen LogP contribution in [0.15, 0.2) is 0 Å². The summed E-state index contributed by atoms with van der Waals surface area (Å²) >= 11 is 0. The van der Waals surface area contributed by atoms with Crippen LogP contribution >= 0.6 is 0 Å². The van der Waals surface area contributed by atoms with Gasteiger partial charge in [-0.2, -0.15) is 0 Å². The van der Waals surface area contributed by atoms with E-state index in [4.69, 9.17) is 37.0 Å². The average Bonchev–Trinajstić information content (AvgIpc) is 2.20. The summed E-state index contributed by atoms with van der Waals surface area (Å²) in [7, 11) is 0. The Kier molecular flexibility index (Phi) is 34.1. The molecular formula is C9H20N4O4. The lowest BCUT2D eigenvalue weighted by Gasteiger charge is -2.03. The molecule has 1 atom stereocenters. The number of nitrogens with two attached hydrogens (primary N) is 2. The van der Waals surface area contributed by atoms with E-state index in [0.717, 1.165) is 25.0 Å². The standard InChI is InChI=1S/C6H14N2O2.2CHNO.CH4/c7-4-2-1-3-5(8)6(9)10;2*2-1-3;/h5H,1-4,7-8H2,(H,9,10);2*2H;1H4. The van der Waals surface area contributed by atoms with E-state index in [1.165, 1.54) is 0 Å². The number of isocyanates is 2. The number of carboxylic acids is 1. The lowest BCUT2D eigenvalue weighted by molar-refractivity contribution is -0.138. The van der Waals surface area contributed by atoms with Crippen LogP contribution in [0, 0.1) is 10.8 Å². The second-order valence-electron chi connectivity index (χ2n) is 2.43. The predicted octanol–water partition coefficient (Wildman–Crippen LogP) is -0.0347. The molecule has 8 nitrogen and oxygen atoms in total. The highest BCUT2D eigenvalue weighted by Gasteiger charge is 2.09. The fourth-order valence-electron chi connectivity index (χ4n) is 0.632. The first-order valence-corrected chi connectivity index (χ1v) is 4.27. The summed E-state index contributed by atoms with van der Waals surface area (Å²) in [6, 6.07) is -0.716. The van der Waals surface area contributed by atoms with Crippen molar-refractivity contribution in [3.05, 3.63) is 0 Å². The van der Waals surface area contributed by atoms with Crippen molar-refractivity contribution in [1.82, 2.24) is 0 Å². The third kappa shape index (κ3) is 40.9. The van der Waals surface area contributed by atoms with E-state index in [2.05, 4.69) is 0 Å². The largest absolute Gasteiger partial charge is 0.480 e. The average molecular weight is 248 g/mol. The van der Waals surface area contributed by atoms with Gasteiger partial charge in [0, 0.05) is 0 Å². The molecule has 1 unspecified atom stereocenters. The van der Waals surface area contributed by atoms with Gasteiger partial charge in [0.05, 0.1) is 0 Å². The van der Waals surface area contributed by atoms with Crippen molar-refractivity contribution in [1.29, 1.82) is 10.8 Å². The van der Waals surface area contributed by atoms with Crippen LogP contribution in [0.25, 0.3) is 0 Å². The fourth-order valence-corrected chi connectivity index (χ4v) is 0.632. The van der Waals surface area contributed by atoms with Crippen LogP contribution in [0.2, 0.25) is 0 Å². The lowest BCUT2D eigenvalue weighted by atomic mass is 10.1. The molecule has 0 radical (unpaired) electrons. The molecule has 0 spiro atoms. The Morgan fingerprint density at radius 1 is 1.24 bits per heavy atom. The number of hydrogen-bond donors (Lipinski definition) is 5. The maximum atomic E-state index is 10.1. The van der Waals surface area contributed by atoms with Gasteiger partial charge in [0.2, 0.25) is 12.2 Å². The highest BCUT2D eigenvalue weighted by Crippen LogP contribution is 1.96. The van der Waals surface area contributed by atoms with Crippen molar-refractivity contribution in [2.45, 2.75) is 32.7 Å². The Hall–Kier alpha value is -1.85. The highest BCUT2D eigenvalue weighted by molar-refractivity contribution is 5.72. The maximum absolute atomic E-state index is 10.1. The Balaban J connectivity index is -0.000000102. The zero-order valence-electron chi connectivity index (χ0n) is 8.73. The second-order valence-corrected chi connectivity index (χ2v) is 2.43. The number of nitrogens with one attached hydrogen (secondary N) is 2. The van der Waals surface area contributed by atoms with Crippen LogP contribution in [0.5, 0.6) is 0 Å². The van der Waals surface area contributed by atoms with E-state index >= 15 is 0 Å². The van der Waals surface area contributed by atoms with Gasteiger partial charge in [-0.3, -0.25) is 4.79 Å². The number of carbonyl (C=O) groups is 1. The van der Waals surface area contributed by atoms with E-state index in [-0.39, 0.29) is 7.43 Å². The van der Waals surface area contributed by atoms with Gasteiger partial charge in [-0.05, 0) is 19.4 Å². The Bertz CT molecular complexity index is 221. The summed E-state index contributed by atoms with van der Waals surface area (Å²) in [5, 5.41) is 19.1. The van der Waals surface area contributed by atoms with Crippen molar-refractivity contribution in [2.24, 2.45) is 11.5 Å². The van der Waals surface area contributed by atoms with Crippen LogP contribution in [0.1, 0.15) is 26.7 Å². The van der Waals surface area contributed by atoms with E-state index in [0.29, 0.717) is 13.0 Å². The summed E-state index contributed by atoms with van der Waals surface area (Å²) in [6.45, 7) is 0.604. The molecule has 0 saturated heterocycles. The van der Waals surface area contributed by atoms with Gasteiger partial charge < -0.3 is 16.6 Å². The van der Waals surface area contributed by atoms with Crippen LogP contribution in [0.4, 0.5) is 0 Å². The van der Waals surface area contributed by atoms with Crippen molar-refractivity contribution in [3.63, 3.8) is 0 Å². The molecular weight excluding hydrogens is 228 g/mol. The summed E-state index contributed by atoms with van der Waals surface area (Å²) in [5.74, 6) is -0.933. The summed E-state index contributed by atoms with van der Waals surface area (Å²) in [5.41, 5.74) is 10.4. The van der Waals surface area contributed by atoms with E-state index in [9.17, 15) is 4.79 Å². The molecule has 0 aliphatic heterocycles. The second kappa shape index (κ2) is 23.8. The summed E-state index contributed by atoms with van der Waals surface area (Å²) in [4.78, 5) is 26.8. The van der Waals surface area contributed by atoms with Crippen molar-refractivity contribution >= 4 is 18.1 Å². The van der Waals surface area contributed by atoms with Crippen LogP contribution in [-0.4, -0.2) is 35.8 Å². The zero-order chi connectivity index (χ0) is 13.4. The molecule has 17 heavy (non-hydrogen) atoms. The first-order valence-electron chi connectivity index (χ1n) is 4.27. The number of hydrogen-bond acceptors (Lipinski definition) is 7. The van der Waals surface area contributed by atoms with Crippen molar-refractivity contribution < 1.29 is 19.5 Å². The van der Waals surface area contributed by atoms with Gasteiger partial charge in [-0.25, -0.2) is 20.4 Å². The summed E-state index contributed by atoms with van der Waals surface area (Å²) < 4.78 is 0. The minimum absolute atomic E-state index is 0. The lowest BCUT2D eigenvalue weighted by Crippen LogP contribution is -2.29. The number of rotatable bonds is 5. The monoisotopic (exact) mass is 248 g/mol. The topological polar surface area (TPSA) is 171 Å². The number of aliphatic carboxylic acids is 1. The molecule has 0 aliphatic rings. The van der Waals surface area contributed by atoms with E-state index in [1.807, 2.05) is 0 Å². The Labute approximate surface area is 100 Å². The van der Waals surface area contributed by atoms with Gasteiger partial charge >= 0.3 is 5.97 Å². The fraction of sp³-hybridized carbons (Fsp3) is 0.667. The van der Waals surface area contributed by atoms with Gasteiger partial charge in [0.15, 0.2) is 0 Å². The minimum atomic E-state index is -0.933. The summed E-state index contributed by atoms with van der Waals surface area (Å²) in [6.07, 6.45) is 3.66. The van der Waals surface area contributed by atoms with Crippen LogP contribution < -0.4 is 11.5 Å². The molecule has 0 amide bonds. The molecule has 0 aromatic rings. The smallest absolute Gasteiger partial charge is 0.320 e. The molecule has 100 valence electrons. The number of carboxylic acid groups (broad SMARTS) is 1. The minimum Gasteiger partial charge on any atom is -0.480 e. The molecule has 0 bridgehead atoms. The molecule has 7 N–H and O–H groups in total. The first-order chi connectivity index (χ1) is 7.51. The first kappa shape index (κ1) is 24.4. The Morgan fingerprint density at radius 3 is 1.82 bits per heavy atom. The molecule has 0 aromatic heterocycles. The van der Waals surface area contributed by atoms with Gasteiger partial charge in [0.1, 0.15) is 6.04 Å². The Morgan fingerprint density at radius 2 is 1.59 bits per heavy atom. The molecule has 8 heteroatoms. The van der Waals surface area contributed by atoms with Crippen molar-refractivity contribution in [2.75, 3.05) is 6.54 Å². The maximum Gasteiger partial charge on any atom is 0.320 e. The van der Waals surface area contributed by atoms with E-state index < -0.39 is 12.0 Å². The molecule has 0 heterocycles.